The number of pyridine rings is 1. The Bertz CT molecular complexity index is 567. The fourth-order valence-electron chi connectivity index (χ4n) is 1.19. The molecular formula is C8H7N3O2. The molecule has 0 aliphatic rings. The normalized spacial score (nSPS) is 10.5. The predicted octanol–water partition coefficient (Wildman–Crippen LogP) is -0.378. The van der Waals surface area contributed by atoms with Crippen LogP contribution >= 0.6 is 0 Å². The third-order valence-corrected chi connectivity index (χ3v) is 1.85. The largest absolute Gasteiger partial charge is 0.317 e. The number of aromatic nitrogens is 3. The Morgan fingerprint density at radius 3 is 3.00 bits per heavy atom. The molecule has 5 nitrogen and oxygen atoms in total. The fraction of sp³-hybridized carbons (Fsp3) is 0.125. The van der Waals surface area contributed by atoms with Crippen LogP contribution in [0.3, 0.4) is 0 Å². The second kappa shape index (κ2) is 2.55. The summed E-state index contributed by atoms with van der Waals surface area (Å²) in [4.78, 5) is 28.6. The van der Waals surface area contributed by atoms with E-state index in [-0.39, 0.29) is 0 Å². The van der Waals surface area contributed by atoms with Crippen molar-refractivity contribution >= 4 is 11.2 Å². The second-order valence-corrected chi connectivity index (χ2v) is 2.69. The lowest BCUT2D eigenvalue weighted by Crippen LogP contribution is -2.35. The van der Waals surface area contributed by atoms with Gasteiger partial charge in [0.1, 0.15) is 0 Å². The van der Waals surface area contributed by atoms with Gasteiger partial charge in [-0.05, 0) is 12.1 Å². The van der Waals surface area contributed by atoms with E-state index >= 15 is 0 Å². The third-order valence-electron chi connectivity index (χ3n) is 1.85. The van der Waals surface area contributed by atoms with Gasteiger partial charge in [0.15, 0.2) is 5.65 Å². The molecule has 1 N–H and O–H groups in total. The molecule has 0 saturated heterocycles. The van der Waals surface area contributed by atoms with Gasteiger partial charge in [-0.15, -0.1) is 0 Å². The summed E-state index contributed by atoms with van der Waals surface area (Å²) in [6.07, 6.45) is 1.57. The summed E-state index contributed by atoms with van der Waals surface area (Å²) in [6, 6.07) is 3.39. The number of fused-ring (bicyclic) bond motifs is 1. The molecule has 0 saturated carbocycles. The van der Waals surface area contributed by atoms with Crippen LogP contribution < -0.4 is 11.1 Å². The molecule has 0 unspecified atom stereocenters. The molecule has 0 atom stereocenters. The molecular weight excluding hydrogens is 170 g/mol. The Balaban J connectivity index is 3.11. The van der Waals surface area contributed by atoms with E-state index in [2.05, 4.69) is 9.97 Å². The van der Waals surface area contributed by atoms with Gasteiger partial charge in [0.2, 0.25) is 0 Å². The molecule has 0 spiro atoms. The predicted molar refractivity (Wildman–Crippen MR) is 47.6 cm³/mol. The first-order valence-electron chi connectivity index (χ1n) is 3.74. The number of hydrogen-bond acceptors (Lipinski definition) is 3. The molecule has 2 heterocycles. The molecule has 0 bridgehead atoms. The van der Waals surface area contributed by atoms with E-state index in [4.69, 9.17) is 0 Å². The average molecular weight is 177 g/mol. The fourth-order valence-corrected chi connectivity index (χ4v) is 1.19. The maximum absolute atomic E-state index is 11.2. The first-order valence-corrected chi connectivity index (χ1v) is 3.74. The van der Waals surface area contributed by atoms with Gasteiger partial charge in [0.05, 0.1) is 5.52 Å². The minimum Gasteiger partial charge on any atom is -0.315 e. The highest BCUT2D eigenvalue weighted by Gasteiger charge is 2.02. The van der Waals surface area contributed by atoms with Gasteiger partial charge < -0.3 is 4.98 Å². The van der Waals surface area contributed by atoms with Crippen LogP contribution in [0.5, 0.6) is 0 Å². The molecule has 66 valence electrons. The Morgan fingerprint density at radius 2 is 2.23 bits per heavy atom. The van der Waals surface area contributed by atoms with E-state index in [1.165, 1.54) is 11.6 Å². The van der Waals surface area contributed by atoms with Gasteiger partial charge in [0, 0.05) is 13.2 Å². The number of rotatable bonds is 0. The van der Waals surface area contributed by atoms with Crippen molar-refractivity contribution in [3.05, 3.63) is 39.0 Å². The lowest BCUT2D eigenvalue weighted by atomic mass is 10.4. The van der Waals surface area contributed by atoms with Gasteiger partial charge >= 0.3 is 11.1 Å². The summed E-state index contributed by atoms with van der Waals surface area (Å²) < 4.78 is 1.23. The number of H-pyrrole nitrogens is 1. The van der Waals surface area contributed by atoms with Crippen molar-refractivity contribution in [3.63, 3.8) is 0 Å². The first-order chi connectivity index (χ1) is 6.20. The van der Waals surface area contributed by atoms with Gasteiger partial charge in [-0.2, -0.15) is 0 Å². The van der Waals surface area contributed by atoms with Gasteiger partial charge in [-0.1, -0.05) is 0 Å². The highest BCUT2D eigenvalue weighted by Crippen LogP contribution is 2.00. The SMILES string of the molecule is Cn1c(=O)c(=O)[nH]c2cccnc21. The highest BCUT2D eigenvalue weighted by molar-refractivity contribution is 5.68. The second-order valence-electron chi connectivity index (χ2n) is 2.69. The molecule has 0 amide bonds. The molecule has 0 aromatic carbocycles. The molecule has 13 heavy (non-hydrogen) atoms. The number of aromatic amines is 1. The molecule has 0 aliphatic carbocycles. The number of nitrogens with one attached hydrogen (secondary N) is 1. The third kappa shape index (κ3) is 1.05. The van der Waals surface area contributed by atoms with E-state index in [9.17, 15) is 9.59 Å². The Hall–Kier alpha value is -1.91. The van der Waals surface area contributed by atoms with Crippen molar-refractivity contribution < 1.29 is 0 Å². The lowest BCUT2D eigenvalue weighted by Gasteiger charge is -2.00. The van der Waals surface area contributed by atoms with Crippen LogP contribution in [-0.2, 0) is 7.05 Å². The monoisotopic (exact) mass is 177 g/mol. The summed E-state index contributed by atoms with van der Waals surface area (Å²) in [5.41, 5.74) is -0.170. The topological polar surface area (TPSA) is 67.8 Å². The Kier molecular flexibility index (Phi) is 1.51. The van der Waals surface area contributed by atoms with Crippen molar-refractivity contribution in [3.8, 4) is 0 Å². The van der Waals surface area contributed by atoms with Crippen LogP contribution in [-0.4, -0.2) is 14.5 Å². The van der Waals surface area contributed by atoms with Crippen molar-refractivity contribution in [2.75, 3.05) is 0 Å². The summed E-state index contributed by atoms with van der Waals surface area (Å²) in [6.45, 7) is 0. The van der Waals surface area contributed by atoms with Crippen LogP contribution in [0.15, 0.2) is 27.9 Å². The van der Waals surface area contributed by atoms with Crippen molar-refractivity contribution in [2.45, 2.75) is 0 Å². The molecule has 0 aliphatic heterocycles. The van der Waals surface area contributed by atoms with E-state index in [1.54, 1.807) is 18.3 Å². The lowest BCUT2D eigenvalue weighted by molar-refractivity contribution is 0.857. The minimum absolute atomic E-state index is 0.479. The van der Waals surface area contributed by atoms with Crippen molar-refractivity contribution in [1.82, 2.24) is 14.5 Å². The summed E-state index contributed by atoms with van der Waals surface area (Å²) in [5.74, 6) is 0. The first kappa shape index (κ1) is 7.72. The molecule has 2 aromatic heterocycles. The van der Waals surface area contributed by atoms with Crippen LogP contribution in [0.2, 0.25) is 0 Å². The number of aryl methyl sites for hydroxylation is 1. The average Bonchev–Trinajstić information content (AvgIpc) is 2.15. The molecule has 2 aromatic rings. The van der Waals surface area contributed by atoms with E-state index in [0.29, 0.717) is 11.2 Å². The van der Waals surface area contributed by atoms with Crippen LogP contribution in [0.4, 0.5) is 0 Å². The maximum Gasteiger partial charge on any atom is 0.317 e. The van der Waals surface area contributed by atoms with Crippen LogP contribution in [0.1, 0.15) is 0 Å². The summed E-state index contributed by atoms with van der Waals surface area (Å²) in [5, 5.41) is 0. The summed E-state index contributed by atoms with van der Waals surface area (Å²) >= 11 is 0. The Morgan fingerprint density at radius 1 is 1.46 bits per heavy atom. The van der Waals surface area contributed by atoms with E-state index < -0.39 is 11.1 Å². The van der Waals surface area contributed by atoms with Gasteiger partial charge in [-0.25, -0.2) is 4.98 Å². The minimum atomic E-state index is -0.622. The smallest absolute Gasteiger partial charge is 0.315 e. The maximum atomic E-state index is 11.2. The van der Waals surface area contributed by atoms with E-state index in [0.717, 1.165) is 0 Å². The van der Waals surface area contributed by atoms with Crippen LogP contribution in [0.25, 0.3) is 11.2 Å². The standard InChI is InChI=1S/C8H7N3O2/c1-11-6-5(3-2-4-9-6)10-7(12)8(11)13/h2-4H,1H3,(H,10,12). The van der Waals surface area contributed by atoms with Gasteiger partial charge in [-0.3, -0.25) is 14.2 Å². The van der Waals surface area contributed by atoms with Crippen molar-refractivity contribution in [1.29, 1.82) is 0 Å². The molecule has 2 rings (SSSR count). The highest BCUT2D eigenvalue weighted by atomic mass is 16.2. The van der Waals surface area contributed by atoms with Crippen molar-refractivity contribution in [2.24, 2.45) is 7.05 Å². The van der Waals surface area contributed by atoms with Crippen LogP contribution in [0, 0.1) is 0 Å². The van der Waals surface area contributed by atoms with E-state index in [1.807, 2.05) is 0 Å². The quantitative estimate of drug-likeness (QED) is 0.558. The zero-order valence-corrected chi connectivity index (χ0v) is 6.94. The zero-order chi connectivity index (χ0) is 9.42. The molecule has 5 heteroatoms. The van der Waals surface area contributed by atoms with Gasteiger partial charge in [0.25, 0.3) is 0 Å². The molecule has 0 radical (unpaired) electrons. The number of hydrogen-bond donors (Lipinski definition) is 1. The zero-order valence-electron chi connectivity index (χ0n) is 6.94. The number of nitrogens with zero attached hydrogens (tertiary/aromatic N) is 2. The summed E-state index contributed by atoms with van der Waals surface area (Å²) in [7, 11) is 1.52. The molecule has 0 fully saturated rings. The Labute approximate surface area is 72.7 Å².